The molecule has 29 heavy (non-hydrogen) atoms. The van der Waals surface area contributed by atoms with Gasteiger partial charge in [0.25, 0.3) is 10.0 Å². The van der Waals surface area contributed by atoms with Crippen molar-refractivity contribution in [1.82, 2.24) is 4.98 Å². The van der Waals surface area contributed by atoms with Crippen LogP contribution in [0.5, 0.6) is 0 Å². The molecule has 148 valence electrons. The lowest BCUT2D eigenvalue weighted by molar-refractivity contribution is 0.601. The summed E-state index contributed by atoms with van der Waals surface area (Å²) in [5.74, 6) is 0. The first-order valence-corrected chi connectivity index (χ1v) is 11.8. The molecule has 0 bridgehead atoms. The van der Waals surface area contributed by atoms with Crippen molar-refractivity contribution in [2.24, 2.45) is 0 Å². The lowest BCUT2D eigenvalue weighted by atomic mass is 10.0. The summed E-state index contributed by atoms with van der Waals surface area (Å²) in [7, 11) is -3.83. The highest BCUT2D eigenvalue weighted by molar-refractivity contribution is 7.92. The van der Waals surface area contributed by atoms with E-state index in [1.54, 1.807) is 24.3 Å². The summed E-state index contributed by atoms with van der Waals surface area (Å²) in [4.78, 5) is 6.51. The highest BCUT2D eigenvalue weighted by Crippen LogP contribution is 2.42. The molecule has 4 nitrogen and oxygen atoms in total. The second-order valence-electron chi connectivity index (χ2n) is 6.60. The van der Waals surface area contributed by atoms with Crippen molar-refractivity contribution >= 4 is 60.5 Å². The third-order valence-electron chi connectivity index (χ3n) is 4.43. The molecule has 0 saturated heterocycles. The zero-order valence-corrected chi connectivity index (χ0v) is 18.7. The molecule has 0 aliphatic carbocycles. The Bertz CT molecular complexity index is 1350. The fraction of sp³-hybridized carbons (Fsp3) is 0.0952. The van der Waals surface area contributed by atoms with E-state index >= 15 is 0 Å². The second kappa shape index (κ2) is 7.61. The Balaban J connectivity index is 1.93. The summed E-state index contributed by atoms with van der Waals surface area (Å²) >= 11 is 13.7. The molecule has 0 aliphatic rings. The van der Waals surface area contributed by atoms with E-state index in [1.807, 2.05) is 32.0 Å². The van der Waals surface area contributed by atoms with Crippen LogP contribution in [-0.4, -0.2) is 13.4 Å². The first-order valence-electron chi connectivity index (χ1n) is 8.70. The van der Waals surface area contributed by atoms with Gasteiger partial charge in [0.05, 0.1) is 10.6 Å². The number of anilines is 1. The van der Waals surface area contributed by atoms with Gasteiger partial charge in [0.2, 0.25) is 0 Å². The second-order valence-corrected chi connectivity index (χ2v) is 10.4. The molecular weight excluding hydrogens is 447 g/mol. The Morgan fingerprint density at radius 2 is 1.66 bits per heavy atom. The van der Waals surface area contributed by atoms with Crippen molar-refractivity contribution in [2.75, 3.05) is 4.72 Å². The lowest BCUT2D eigenvalue weighted by Gasteiger charge is -2.12. The number of rotatable bonds is 4. The fourth-order valence-corrected chi connectivity index (χ4v) is 5.91. The minimum absolute atomic E-state index is 0.101. The molecule has 2 heterocycles. The van der Waals surface area contributed by atoms with E-state index < -0.39 is 10.0 Å². The van der Waals surface area contributed by atoms with Gasteiger partial charge >= 0.3 is 0 Å². The zero-order valence-electron chi connectivity index (χ0n) is 15.5. The van der Waals surface area contributed by atoms with E-state index in [0.29, 0.717) is 15.7 Å². The minimum atomic E-state index is -3.83. The first-order chi connectivity index (χ1) is 13.7. The number of sulfonamides is 1. The number of nitrogens with one attached hydrogen (secondary N) is 1. The van der Waals surface area contributed by atoms with Gasteiger partial charge in [-0.1, -0.05) is 41.4 Å². The Morgan fingerprint density at radius 3 is 2.34 bits per heavy atom. The number of aryl methyl sites for hydroxylation is 2. The van der Waals surface area contributed by atoms with E-state index in [0.717, 1.165) is 31.9 Å². The van der Waals surface area contributed by atoms with E-state index in [9.17, 15) is 8.42 Å². The average Bonchev–Trinajstić information content (AvgIpc) is 2.97. The zero-order chi connectivity index (χ0) is 20.8. The summed E-state index contributed by atoms with van der Waals surface area (Å²) in [5.41, 5.74) is 3.03. The number of hydrogen-bond acceptors (Lipinski definition) is 4. The van der Waals surface area contributed by atoms with Crippen molar-refractivity contribution < 1.29 is 8.42 Å². The van der Waals surface area contributed by atoms with Crippen molar-refractivity contribution in [2.45, 2.75) is 18.7 Å². The highest BCUT2D eigenvalue weighted by Gasteiger charge is 2.21. The number of aromatic nitrogens is 1. The van der Waals surface area contributed by atoms with Crippen molar-refractivity contribution in [3.8, 4) is 11.1 Å². The van der Waals surface area contributed by atoms with Crippen LogP contribution in [0.25, 0.3) is 21.3 Å². The quantitative estimate of drug-likeness (QED) is 0.367. The van der Waals surface area contributed by atoms with Crippen LogP contribution in [0.4, 0.5) is 5.69 Å². The first kappa shape index (κ1) is 20.2. The average molecular weight is 463 g/mol. The van der Waals surface area contributed by atoms with Crippen LogP contribution < -0.4 is 4.72 Å². The molecule has 1 N–H and O–H groups in total. The maximum absolute atomic E-state index is 13.0. The third kappa shape index (κ3) is 3.98. The van der Waals surface area contributed by atoms with Gasteiger partial charge < -0.3 is 0 Å². The molecule has 0 amide bonds. The van der Waals surface area contributed by atoms with E-state index in [4.69, 9.17) is 23.2 Å². The fourth-order valence-electron chi connectivity index (χ4n) is 3.24. The monoisotopic (exact) mass is 462 g/mol. The van der Waals surface area contributed by atoms with Crippen molar-refractivity contribution in [1.29, 1.82) is 0 Å². The van der Waals surface area contributed by atoms with Crippen molar-refractivity contribution in [3.63, 3.8) is 0 Å². The number of fused-ring (bicyclic) bond motifs is 1. The van der Waals surface area contributed by atoms with E-state index in [2.05, 4.69) is 9.71 Å². The Morgan fingerprint density at radius 1 is 0.966 bits per heavy atom. The molecule has 0 fully saturated rings. The molecule has 0 spiro atoms. The van der Waals surface area contributed by atoms with Gasteiger partial charge in [-0.3, -0.25) is 4.72 Å². The Hall–Kier alpha value is -2.12. The van der Waals surface area contributed by atoms with Crippen LogP contribution in [0.15, 0.2) is 59.5 Å². The molecule has 4 rings (SSSR count). The Kier molecular flexibility index (Phi) is 5.29. The van der Waals surface area contributed by atoms with Gasteiger partial charge in [0.1, 0.15) is 4.83 Å². The summed E-state index contributed by atoms with van der Waals surface area (Å²) in [6, 6.07) is 15.4. The molecular formula is C21H16Cl2N2O2S2. The molecule has 0 atom stereocenters. The smallest absolute Gasteiger partial charge is 0.261 e. The van der Waals surface area contributed by atoms with Gasteiger partial charge in [-0.25, -0.2) is 13.4 Å². The third-order valence-corrected chi connectivity index (χ3v) is 7.26. The number of nitrogens with zero attached hydrogens (tertiary/aromatic N) is 1. The number of pyridine rings is 1. The predicted molar refractivity (Wildman–Crippen MR) is 122 cm³/mol. The Labute approximate surface area is 183 Å². The van der Waals surface area contributed by atoms with Crippen LogP contribution in [0.1, 0.15) is 10.6 Å². The summed E-state index contributed by atoms with van der Waals surface area (Å²) in [6.07, 6.45) is 0. The van der Waals surface area contributed by atoms with Gasteiger partial charge in [-0.05, 0) is 55.8 Å². The molecule has 4 aromatic rings. The lowest BCUT2D eigenvalue weighted by Crippen LogP contribution is -2.13. The largest absolute Gasteiger partial charge is 0.279 e. The topological polar surface area (TPSA) is 59.1 Å². The summed E-state index contributed by atoms with van der Waals surface area (Å²) < 4.78 is 28.8. The van der Waals surface area contributed by atoms with Crippen molar-refractivity contribution in [3.05, 3.63) is 75.2 Å². The predicted octanol–water partition coefficient (Wildman–Crippen LogP) is 6.69. The van der Waals surface area contributed by atoms with E-state index in [-0.39, 0.29) is 4.90 Å². The standard InChI is InChI=1S/C21H16Cl2N2O2S2/c1-12-9-18(25-29(26,27)17-8-4-7-16(23)11-17)20-19(13(2)28-21(20)24-12)14-5-3-6-15(22)10-14/h3-11H,1-2H3,(H,24,25). The summed E-state index contributed by atoms with van der Waals surface area (Å²) in [5, 5.41) is 1.73. The molecule has 0 saturated carbocycles. The maximum atomic E-state index is 13.0. The highest BCUT2D eigenvalue weighted by atomic mass is 35.5. The van der Waals surface area contributed by atoms with Crippen LogP contribution in [0.3, 0.4) is 0 Å². The molecule has 2 aromatic carbocycles. The molecule has 2 aromatic heterocycles. The van der Waals surface area contributed by atoms with Gasteiger partial charge in [0.15, 0.2) is 0 Å². The number of benzene rings is 2. The minimum Gasteiger partial charge on any atom is -0.279 e. The summed E-state index contributed by atoms with van der Waals surface area (Å²) in [6.45, 7) is 3.83. The van der Waals surface area contributed by atoms with Gasteiger partial charge in [-0.15, -0.1) is 11.3 Å². The van der Waals surface area contributed by atoms with E-state index in [1.165, 1.54) is 23.5 Å². The normalized spacial score (nSPS) is 11.7. The molecule has 0 aliphatic heterocycles. The van der Waals surface area contributed by atoms with Crippen LogP contribution in [0.2, 0.25) is 10.0 Å². The van der Waals surface area contributed by atoms with Crippen LogP contribution >= 0.6 is 34.5 Å². The molecule has 0 unspecified atom stereocenters. The molecule has 8 heteroatoms. The maximum Gasteiger partial charge on any atom is 0.261 e. The van der Waals surface area contributed by atoms with Crippen LogP contribution in [0, 0.1) is 13.8 Å². The number of halogens is 2. The van der Waals surface area contributed by atoms with Gasteiger partial charge in [0, 0.05) is 31.6 Å². The van der Waals surface area contributed by atoms with Gasteiger partial charge in [-0.2, -0.15) is 0 Å². The van der Waals surface area contributed by atoms with Crippen LogP contribution in [-0.2, 0) is 10.0 Å². The SMILES string of the molecule is Cc1cc(NS(=O)(=O)c2cccc(Cl)c2)c2c(-c3cccc(Cl)c3)c(C)sc2n1. The number of thiophene rings is 1. The molecule has 0 radical (unpaired) electrons. The number of hydrogen-bond donors (Lipinski definition) is 1.